The Kier molecular flexibility index (Phi) is 8.23. The van der Waals surface area contributed by atoms with Gasteiger partial charge in [-0.15, -0.1) is 12.4 Å². The number of nitrogens with one attached hydrogen (secondary N) is 2. The number of benzene rings is 2. The SMILES string of the molecule is CN(C)CCNC(=O)c1ccc(NCCN(C)C)c2cc3cc(N)ccc3nc12.Cl. The fraction of sp³-hybridized carbons (Fsp3) is 0.364. The van der Waals surface area contributed by atoms with Gasteiger partial charge in [-0.1, -0.05) is 0 Å². The molecular weight excluding hydrogens is 400 g/mol. The van der Waals surface area contributed by atoms with Crippen LogP contribution in [-0.4, -0.2) is 75.1 Å². The molecule has 1 aromatic heterocycles. The highest BCUT2D eigenvalue weighted by Gasteiger charge is 2.15. The number of rotatable bonds is 8. The molecule has 0 spiro atoms. The number of nitrogen functional groups attached to an aromatic ring is 1. The number of nitrogens with zero attached hydrogens (tertiary/aromatic N) is 3. The van der Waals surface area contributed by atoms with Crippen LogP contribution in [0.15, 0.2) is 36.4 Å². The number of amides is 1. The van der Waals surface area contributed by atoms with Crippen LogP contribution in [0.5, 0.6) is 0 Å². The van der Waals surface area contributed by atoms with Gasteiger partial charge in [-0.25, -0.2) is 4.98 Å². The van der Waals surface area contributed by atoms with Gasteiger partial charge in [0, 0.05) is 48.3 Å². The largest absolute Gasteiger partial charge is 0.399 e. The number of carbonyl (C=O) groups excluding carboxylic acids is 1. The zero-order chi connectivity index (χ0) is 21.0. The molecule has 0 fully saturated rings. The average molecular weight is 431 g/mol. The van der Waals surface area contributed by atoms with Gasteiger partial charge in [0.2, 0.25) is 0 Å². The first-order valence-electron chi connectivity index (χ1n) is 9.79. The maximum Gasteiger partial charge on any atom is 0.253 e. The Bertz CT molecular complexity index is 1020. The summed E-state index contributed by atoms with van der Waals surface area (Å²) in [5, 5.41) is 8.34. The van der Waals surface area contributed by atoms with Crippen LogP contribution in [0.2, 0.25) is 0 Å². The first-order valence-corrected chi connectivity index (χ1v) is 9.79. The first kappa shape index (κ1) is 23.7. The Labute approximate surface area is 184 Å². The highest BCUT2D eigenvalue weighted by atomic mass is 35.5. The van der Waals surface area contributed by atoms with E-state index in [4.69, 9.17) is 10.7 Å². The van der Waals surface area contributed by atoms with E-state index in [2.05, 4.69) is 21.6 Å². The van der Waals surface area contributed by atoms with Crippen molar-refractivity contribution in [3.05, 3.63) is 42.0 Å². The molecule has 0 atom stereocenters. The van der Waals surface area contributed by atoms with E-state index in [1.165, 1.54) is 0 Å². The molecule has 0 aliphatic heterocycles. The zero-order valence-corrected chi connectivity index (χ0v) is 18.8. The molecule has 0 aliphatic rings. The van der Waals surface area contributed by atoms with Gasteiger partial charge in [-0.2, -0.15) is 0 Å². The smallest absolute Gasteiger partial charge is 0.253 e. The molecule has 0 radical (unpaired) electrons. The summed E-state index contributed by atoms with van der Waals surface area (Å²) in [5.41, 5.74) is 9.71. The van der Waals surface area contributed by atoms with E-state index in [0.29, 0.717) is 23.3 Å². The third-order valence-corrected chi connectivity index (χ3v) is 4.76. The summed E-state index contributed by atoms with van der Waals surface area (Å²) in [4.78, 5) is 21.8. The predicted octanol–water partition coefficient (Wildman–Crippen LogP) is 2.66. The second-order valence-corrected chi connectivity index (χ2v) is 7.79. The van der Waals surface area contributed by atoms with Crippen LogP contribution in [0, 0.1) is 0 Å². The normalized spacial score (nSPS) is 11.1. The summed E-state index contributed by atoms with van der Waals surface area (Å²) in [6.07, 6.45) is 0. The maximum absolute atomic E-state index is 12.8. The molecule has 3 aromatic rings. The van der Waals surface area contributed by atoms with Crippen LogP contribution in [-0.2, 0) is 0 Å². The summed E-state index contributed by atoms with van der Waals surface area (Å²) < 4.78 is 0. The molecule has 1 heterocycles. The second-order valence-electron chi connectivity index (χ2n) is 7.79. The topological polar surface area (TPSA) is 86.5 Å². The number of carbonyl (C=O) groups is 1. The molecule has 2 aromatic carbocycles. The number of nitrogens with two attached hydrogens (primary N) is 1. The van der Waals surface area contributed by atoms with E-state index in [1.807, 2.05) is 63.4 Å². The molecule has 1 amide bonds. The Morgan fingerprint density at radius 2 is 1.70 bits per heavy atom. The minimum Gasteiger partial charge on any atom is -0.399 e. The van der Waals surface area contributed by atoms with Gasteiger partial charge in [-0.05, 0) is 64.6 Å². The lowest BCUT2D eigenvalue weighted by molar-refractivity contribution is 0.0952. The van der Waals surface area contributed by atoms with Crippen LogP contribution < -0.4 is 16.4 Å². The molecule has 30 heavy (non-hydrogen) atoms. The fourth-order valence-corrected chi connectivity index (χ4v) is 3.18. The third-order valence-electron chi connectivity index (χ3n) is 4.76. The van der Waals surface area contributed by atoms with Crippen molar-refractivity contribution in [2.45, 2.75) is 0 Å². The zero-order valence-electron chi connectivity index (χ0n) is 18.0. The molecule has 7 nitrogen and oxygen atoms in total. The van der Waals surface area contributed by atoms with Crippen molar-refractivity contribution in [2.75, 3.05) is 65.4 Å². The molecule has 0 saturated carbocycles. The molecule has 3 rings (SSSR count). The molecule has 4 N–H and O–H groups in total. The van der Waals surface area contributed by atoms with E-state index < -0.39 is 0 Å². The van der Waals surface area contributed by atoms with Crippen molar-refractivity contribution in [2.24, 2.45) is 0 Å². The van der Waals surface area contributed by atoms with Crippen molar-refractivity contribution in [1.82, 2.24) is 20.1 Å². The Balaban J connectivity index is 0.00000320. The van der Waals surface area contributed by atoms with Crippen LogP contribution in [0.1, 0.15) is 10.4 Å². The van der Waals surface area contributed by atoms with Crippen LogP contribution in [0.3, 0.4) is 0 Å². The number of anilines is 2. The van der Waals surface area contributed by atoms with Crippen molar-refractivity contribution < 1.29 is 4.79 Å². The molecule has 0 aliphatic carbocycles. The molecule has 8 heteroatoms. The monoisotopic (exact) mass is 430 g/mol. The van der Waals surface area contributed by atoms with E-state index >= 15 is 0 Å². The lowest BCUT2D eigenvalue weighted by atomic mass is 10.0. The van der Waals surface area contributed by atoms with Crippen molar-refractivity contribution in [3.8, 4) is 0 Å². The molecule has 0 bridgehead atoms. The summed E-state index contributed by atoms with van der Waals surface area (Å²) in [5.74, 6) is -0.112. The van der Waals surface area contributed by atoms with Crippen LogP contribution >= 0.6 is 12.4 Å². The van der Waals surface area contributed by atoms with Crippen LogP contribution in [0.25, 0.3) is 21.8 Å². The van der Waals surface area contributed by atoms with E-state index in [1.54, 1.807) is 0 Å². The maximum atomic E-state index is 12.8. The van der Waals surface area contributed by atoms with Gasteiger partial charge in [0.15, 0.2) is 0 Å². The highest BCUT2D eigenvalue weighted by Crippen LogP contribution is 2.29. The van der Waals surface area contributed by atoms with Gasteiger partial charge in [0.1, 0.15) is 0 Å². The van der Waals surface area contributed by atoms with E-state index in [0.717, 1.165) is 41.6 Å². The fourth-order valence-electron chi connectivity index (χ4n) is 3.18. The van der Waals surface area contributed by atoms with Gasteiger partial charge in [0.05, 0.1) is 16.6 Å². The lowest BCUT2D eigenvalue weighted by Crippen LogP contribution is -2.31. The molecule has 162 valence electrons. The minimum absolute atomic E-state index is 0. The highest BCUT2D eigenvalue weighted by molar-refractivity contribution is 6.11. The number of aromatic nitrogens is 1. The Morgan fingerprint density at radius 3 is 2.40 bits per heavy atom. The predicted molar refractivity (Wildman–Crippen MR) is 129 cm³/mol. The van der Waals surface area contributed by atoms with E-state index in [9.17, 15) is 4.79 Å². The third kappa shape index (κ3) is 5.72. The van der Waals surface area contributed by atoms with Gasteiger partial charge in [0.25, 0.3) is 5.91 Å². The molecular formula is C22H31ClN6O. The lowest BCUT2D eigenvalue weighted by Gasteiger charge is -2.16. The number of fused-ring (bicyclic) bond motifs is 2. The summed E-state index contributed by atoms with van der Waals surface area (Å²) in [7, 11) is 8.04. The van der Waals surface area contributed by atoms with E-state index in [-0.39, 0.29) is 18.3 Å². The number of hydrogen-bond donors (Lipinski definition) is 3. The minimum atomic E-state index is -0.112. The summed E-state index contributed by atoms with van der Waals surface area (Å²) in [6.45, 7) is 3.07. The summed E-state index contributed by atoms with van der Waals surface area (Å²) >= 11 is 0. The van der Waals surface area contributed by atoms with Gasteiger partial charge in [-0.3, -0.25) is 4.79 Å². The number of likely N-dealkylation sites (N-methyl/N-ethyl adjacent to an activating group) is 2. The van der Waals surface area contributed by atoms with Gasteiger partial charge < -0.3 is 26.2 Å². The molecule has 0 unspecified atom stereocenters. The number of halogens is 1. The van der Waals surface area contributed by atoms with Crippen molar-refractivity contribution >= 4 is 51.5 Å². The van der Waals surface area contributed by atoms with Crippen LogP contribution in [0.4, 0.5) is 11.4 Å². The summed E-state index contributed by atoms with van der Waals surface area (Å²) in [6, 6.07) is 11.5. The quantitative estimate of drug-likeness (QED) is 0.376. The first-order chi connectivity index (χ1) is 13.8. The standard InChI is InChI=1S/C22H30N6O.ClH/c1-27(2)11-9-24-20-8-6-17(22(29)25-10-12-28(3)4)21-18(20)14-15-13-16(23)5-7-19(15)26-21;/h5-8,13-14,24H,9-12,23H2,1-4H3,(H,25,29);1H. The van der Waals surface area contributed by atoms with Gasteiger partial charge >= 0.3 is 0 Å². The average Bonchev–Trinajstić information content (AvgIpc) is 2.66. The number of pyridine rings is 1. The Hall–Kier alpha value is -2.61. The molecule has 0 saturated heterocycles. The number of hydrogen-bond acceptors (Lipinski definition) is 6. The Morgan fingerprint density at radius 1 is 1.00 bits per heavy atom. The second kappa shape index (κ2) is 10.4. The van der Waals surface area contributed by atoms with Crippen molar-refractivity contribution in [1.29, 1.82) is 0 Å². The van der Waals surface area contributed by atoms with Crippen molar-refractivity contribution in [3.63, 3.8) is 0 Å².